The van der Waals surface area contributed by atoms with Gasteiger partial charge in [-0.1, -0.05) is 17.3 Å². The lowest BCUT2D eigenvalue weighted by Gasteiger charge is -2.36. The number of methoxy groups -OCH3 is 1. The van der Waals surface area contributed by atoms with Crippen LogP contribution >= 0.6 is 24.0 Å². The van der Waals surface area contributed by atoms with Crippen LogP contribution in [0.15, 0.2) is 46.1 Å². The number of hydrogen-bond acceptors (Lipinski definition) is 6. The second-order valence-electron chi connectivity index (χ2n) is 6.61. The van der Waals surface area contributed by atoms with Crippen LogP contribution in [-0.2, 0) is 17.8 Å². The molecule has 8 nitrogen and oxygen atoms in total. The lowest BCUT2D eigenvalue weighted by molar-refractivity contribution is 0.0600. The van der Waals surface area contributed by atoms with Gasteiger partial charge in [-0.3, -0.25) is 4.90 Å². The lowest BCUT2D eigenvalue weighted by atomic mass is 10.1. The average molecular weight is 513 g/mol. The highest BCUT2D eigenvalue weighted by Crippen LogP contribution is 2.10. The molecule has 1 aromatic heterocycles. The quantitative estimate of drug-likeness (QED) is 0.275. The maximum atomic E-state index is 11.5. The highest BCUT2D eigenvalue weighted by molar-refractivity contribution is 14.0. The zero-order valence-corrected chi connectivity index (χ0v) is 19.2. The van der Waals surface area contributed by atoms with Gasteiger partial charge >= 0.3 is 5.97 Å². The summed E-state index contributed by atoms with van der Waals surface area (Å²) >= 11 is 0. The fourth-order valence-corrected chi connectivity index (χ4v) is 3.12. The number of carbonyl (C=O) groups excluding carboxylic acids is 1. The first-order valence-electron chi connectivity index (χ1n) is 9.51. The molecular weight excluding hydrogens is 485 g/mol. The molecule has 1 aliphatic rings. The molecule has 0 spiro atoms. The third-order valence-corrected chi connectivity index (χ3v) is 4.67. The average Bonchev–Trinajstić information content (AvgIpc) is 3.24. The Morgan fingerprint density at radius 1 is 1.21 bits per heavy atom. The minimum Gasteiger partial charge on any atom is -0.465 e. The van der Waals surface area contributed by atoms with Gasteiger partial charge in [0, 0.05) is 45.3 Å². The van der Waals surface area contributed by atoms with Gasteiger partial charge in [-0.15, -0.1) is 24.0 Å². The normalized spacial score (nSPS) is 15.0. The summed E-state index contributed by atoms with van der Waals surface area (Å²) in [6, 6.07) is 9.27. The number of benzene rings is 1. The fraction of sp³-hybridized carbons (Fsp3) is 0.450. The molecule has 2 heterocycles. The molecule has 1 aromatic carbocycles. The van der Waals surface area contributed by atoms with E-state index in [1.54, 1.807) is 18.4 Å². The van der Waals surface area contributed by atoms with E-state index in [0.29, 0.717) is 12.1 Å². The van der Waals surface area contributed by atoms with Crippen molar-refractivity contribution in [1.82, 2.24) is 20.3 Å². The standard InChI is InChI=1S/C20H27N5O3.HI/c1-3-21-20(22-14-16-4-6-17(7-5-16)19(26)27-2)25-11-9-24(10-12-25)15-18-8-13-28-23-18;/h4-8,13H,3,9-12,14-15H2,1-2H3,(H,21,22);1H. The first kappa shape index (κ1) is 23.1. The molecule has 1 fully saturated rings. The van der Waals surface area contributed by atoms with Crippen molar-refractivity contribution in [2.75, 3.05) is 39.8 Å². The lowest BCUT2D eigenvalue weighted by Crippen LogP contribution is -2.52. The first-order chi connectivity index (χ1) is 13.7. The predicted octanol–water partition coefficient (Wildman–Crippen LogP) is 2.36. The van der Waals surface area contributed by atoms with Gasteiger partial charge in [0.05, 0.1) is 24.9 Å². The van der Waals surface area contributed by atoms with Crippen LogP contribution in [0.2, 0.25) is 0 Å². The minimum atomic E-state index is -0.327. The van der Waals surface area contributed by atoms with Crippen LogP contribution in [0.5, 0.6) is 0 Å². The Kier molecular flexibility index (Phi) is 9.39. The van der Waals surface area contributed by atoms with Crippen LogP contribution in [0.3, 0.4) is 0 Å². The molecule has 0 atom stereocenters. The first-order valence-corrected chi connectivity index (χ1v) is 9.51. The van der Waals surface area contributed by atoms with E-state index in [2.05, 4.69) is 27.2 Å². The highest BCUT2D eigenvalue weighted by atomic mass is 127. The Balaban J connectivity index is 0.00000300. The molecule has 9 heteroatoms. The summed E-state index contributed by atoms with van der Waals surface area (Å²) in [7, 11) is 1.38. The van der Waals surface area contributed by atoms with Crippen molar-refractivity contribution in [3.05, 3.63) is 53.4 Å². The van der Waals surface area contributed by atoms with Crippen LogP contribution in [0.25, 0.3) is 0 Å². The summed E-state index contributed by atoms with van der Waals surface area (Å²) in [6.45, 7) is 7.97. The van der Waals surface area contributed by atoms with Crippen LogP contribution < -0.4 is 5.32 Å². The number of halogens is 1. The number of nitrogens with zero attached hydrogens (tertiary/aromatic N) is 4. The third kappa shape index (κ3) is 6.70. The summed E-state index contributed by atoms with van der Waals surface area (Å²) in [5, 5.41) is 7.36. The molecule has 1 saturated heterocycles. The molecule has 29 heavy (non-hydrogen) atoms. The highest BCUT2D eigenvalue weighted by Gasteiger charge is 2.20. The summed E-state index contributed by atoms with van der Waals surface area (Å²) < 4.78 is 9.64. The topological polar surface area (TPSA) is 83.2 Å². The molecule has 0 aliphatic carbocycles. The molecule has 158 valence electrons. The van der Waals surface area contributed by atoms with E-state index in [0.717, 1.165) is 56.5 Å². The number of aromatic nitrogens is 1. The molecule has 0 unspecified atom stereocenters. The SMILES string of the molecule is CCNC(=NCc1ccc(C(=O)OC)cc1)N1CCN(Cc2ccon2)CC1.I. The summed E-state index contributed by atoms with van der Waals surface area (Å²) in [5.74, 6) is 0.590. The number of rotatable bonds is 6. The van der Waals surface area contributed by atoms with E-state index in [-0.39, 0.29) is 29.9 Å². The summed E-state index contributed by atoms with van der Waals surface area (Å²) in [6.07, 6.45) is 1.61. The minimum absolute atomic E-state index is 0. The van der Waals surface area contributed by atoms with E-state index in [4.69, 9.17) is 14.3 Å². The van der Waals surface area contributed by atoms with Gasteiger partial charge in [0.1, 0.15) is 6.26 Å². The van der Waals surface area contributed by atoms with Gasteiger partial charge in [-0.2, -0.15) is 0 Å². The van der Waals surface area contributed by atoms with Gasteiger partial charge in [0.2, 0.25) is 0 Å². The zero-order chi connectivity index (χ0) is 19.8. The van der Waals surface area contributed by atoms with Crippen molar-refractivity contribution in [3.63, 3.8) is 0 Å². The Morgan fingerprint density at radius 2 is 1.93 bits per heavy atom. The molecule has 0 radical (unpaired) electrons. The largest absolute Gasteiger partial charge is 0.465 e. The molecule has 1 aliphatic heterocycles. The van der Waals surface area contributed by atoms with E-state index < -0.39 is 0 Å². The van der Waals surface area contributed by atoms with Crippen molar-refractivity contribution in [3.8, 4) is 0 Å². The zero-order valence-electron chi connectivity index (χ0n) is 16.8. The molecule has 2 aromatic rings. The Morgan fingerprint density at radius 3 is 2.52 bits per heavy atom. The predicted molar refractivity (Wildman–Crippen MR) is 121 cm³/mol. The maximum absolute atomic E-state index is 11.5. The fourth-order valence-electron chi connectivity index (χ4n) is 3.12. The number of ether oxygens (including phenoxy) is 1. The molecule has 1 N–H and O–H groups in total. The van der Waals surface area contributed by atoms with Crippen molar-refractivity contribution < 1.29 is 14.1 Å². The summed E-state index contributed by atoms with van der Waals surface area (Å²) in [4.78, 5) is 20.9. The van der Waals surface area contributed by atoms with Crippen molar-refractivity contribution in [2.45, 2.75) is 20.0 Å². The van der Waals surface area contributed by atoms with Crippen molar-refractivity contribution in [1.29, 1.82) is 0 Å². The number of nitrogens with one attached hydrogen (secondary N) is 1. The van der Waals surface area contributed by atoms with Crippen LogP contribution in [-0.4, -0.2) is 66.7 Å². The van der Waals surface area contributed by atoms with Gasteiger partial charge in [0.15, 0.2) is 5.96 Å². The molecule has 3 rings (SSSR count). The molecule has 0 saturated carbocycles. The molecule has 0 bridgehead atoms. The third-order valence-electron chi connectivity index (χ3n) is 4.67. The number of piperazine rings is 1. The van der Waals surface area contributed by atoms with Crippen LogP contribution in [0.4, 0.5) is 0 Å². The number of carbonyl (C=O) groups is 1. The Labute approximate surface area is 188 Å². The van der Waals surface area contributed by atoms with Gasteiger partial charge in [-0.05, 0) is 24.6 Å². The van der Waals surface area contributed by atoms with Crippen molar-refractivity contribution >= 4 is 35.9 Å². The second-order valence-corrected chi connectivity index (χ2v) is 6.61. The second kappa shape index (κ2) is 11.8. The Hall–Kier alpha value is -2.14. The molecule has 0 amide bonds. The van der Waals surface area contributed by atoms with E-state index in [1.165, 1.54) is 7.11 Å². The van der Waals surface area contributed by atoms with Gasteiger partial charge < -0.3 is 19.5 Å². The smallest absolute Gasteiger partial charge is 0.337 e. The summed E-state index contributed by atoms with van der Waals surface area (Å²) in [5.41, 5.74) is 2.56. The van der Waals surface area contributed by atoms with E-state index in [1.807, 2.05) is 18.2 Å². The number of esters is 1. The van der Waals surface area contributed by atoms with E-state index >= 15 is 0 Å². The van der Waals surface area contributed by atoms with Crippen LogP contribution in [0, 0.1) is 0 Å². The Bertz CT molecular complexity index is 772. The number of guanidine groups is 1. The molecular formula is C20H28IN5O3. The van der Waals surface area contributed by atoms with Gasteiger partial charge in [0.25, 0.3) is 0 Å². The van der Waals surface area contributed by atoms with E-state index in [9.17, 15) is 4.79 Å². The monoisotopic (exact) mass is 513 g/mol. The van der Waals surface area contributed by atoms with Gasteiger partial charge in [-0.25, -0.2) is 9.79 Å². The number of hydrogen-bond donors (Lipinski definition) is 1. The van der Waals surface area contributed by atoms with Crippen molar-refractivity contribution in [2.24, 2.45) is 4.99 Å². The number of aliphatic imine (C=N–C) groups is 1. The van der Waals surface area contributed by atoms with Crippen LogP contribution in [0.1, 0.15) is 28.5 Å². The maximum Gasteiger partial charge on any atom is 0.337 e.